The molecule has 0 fully saturated rings. The van der Waals surface area contributed by atoms with Crippen molar-refractivity contribution in [2.75, 3.05) is 0 Å². The van der Waals surface area contributed by atoms with Crippen molar-refractivity contribution in [1.82, 2.24) is 14.1 Å². The molecule has 10 heteroatoms. The van der Waals surface area contributed by atoms with Gasteiger partial charge in [0.25, 0.3) is 11.5 Å². The molecule has 0 radical (unpaired) electrons. The van der Waals surface area contributed by atoms with Gasteiger partial charge in [-0.15, -0.1) is 0 Å². The minimum atomic E-state index is -0.942. The van der Waals surface area contributed by atoms with Crippen LogP contribution in [0.1, 0.15) is 61.3 Å². The number of fused-ring (bicyclic) bond motifs is 4. The quantitative estimate of drug-likeness (QED) is 0.276. The van der Waals surface area contributed by atoms with Crippen molar-refractivity contribution < 1.29 is 18.7 Å². The molecule has 8 nitrogen and oxygen atoms in total. The highest BCUT2D eigenvalue weighted by molar-refractivity contribution is 6.11. The van der Waals surface area contributed by atoms with E-state index in [1.807, 2.05) is 0 Å². The van der Waals surface area contributed by atoms with Crippen LogP contribution in [0.25, 0.3) is 33.1 Å². The van der Waals surface area contributed by atoms with Crippen LogP contribution in [0.5, 0.6) is 0 Å². The van der Waals surface area contributed by atoms with Gasteiger partial charge in [-0.05, 0) is 87.8 Å². The second-order valence-corrected chi connectivity index (χ2v) is 11.7. The zero-order chi connectivity index (χ0) is 31.5. The van der Waals surface area contributed by atoms with Crippen LogP contribution in [0.3, 0.4) is 0 Å². The van der Waals surface area contributed by atoms with E-state index < -0.39 is 34.4 Å². The molecule has 0 spiro atoms. The molecule has 4 aromatic rings. The minimum absolute atomic E-state index is 0.0107. The predicted octanol–water partition coefficient (Wildman–Crippen LogP) is 4.95. The van der Waals surface area contributed by atoms with Crippen LogP contribution in [0.2, 0.25) is 0 Å². The number of benzene rings is 2. The number of aryl methyl sites for hydroxylation is 2. The second-order valence-electron chi connectivity index (χ2n) is 11.7. The van der Waals surface area contributed by atoms with Crippen LogP contribution in [0.15, 0.2) is 58.2 Å². The number of nitrogens with two attached hydrogens (primary N) is 1. The normalized spacial score (nSPS) is 16.4. The lowest BCUT2D eigenvalue weighted by atomic mass is 9.77. The fourth-order valence-electron chi connectivity index (χ4n) is 6.29. The summed E-state index contributed by atoms with van der Waals surface area (Å²) in [6.07, 6.45) is 4.69. The van der Waals surface area contributed by atoms with Crippen LogP contribution in [0, 0.1) is 17.6 Å². The van der Waals surface area contributed by atoms with E-state index in [0.29, 0.717) is 41.3 Å². The highest BCUT2D eigenvalue weighted by Gasteiger charge is 2.34. The number of nitrogens with one attached hydrogen (secondary N) is 1. The third-order valence-electron chi connectivity index (χ3n) is 8.75. The number of H-pyrrole nitrogens is 1. The first-order valence-electron chi connectivity index (χ1n) is 14.0. The van der Waals surface area contributed by atoms with Gasteiger partial charge in [-0.1, -0.05) is 24.8 Å². The number of rotatable bonds is 6. The fourth-order valence-corrected chi connectivity index (χ4v) is 6.29. The lowest BCUT2D eigenvalue weighted by molar-refractivity contribution is 0.0107. The topological polar surface area (TPSA) is 123 Å². The number of para-hydroxylation sites is 1. The Kier molecular flexibility index (Phi) is 7.38. The van der Waals surface area contributed by atoms with Crippen LogP contribution in [-0.2, 0) is 19.9 Å². The first kappa shape index (κ1) is 29.9. The van der Waals surface area contributed by atoms with Gasteiger partial charge < -0.3 is 15.8 Å². The Morgan fingerprint density at radius 3 is 2.53 bits per heavy atom. The molecule has 224 valence electrons. The maximum Gasteiger partial charge on any atom is 0.335 e. The molecule has 1 amide bonds. The molecular weight excluding hydrogens is 554 g/mol. The van der Waals surface area contributed by atoms with Crippen molar-refractivity contribution in [2.45, 2.75) is 52.6 Å². The number of primary amides is 1. The molecule has 5 rings (SSSR count). The third kappa shape index (κ3) is 4.75. The number of carbonyl (C=O) groups excluding carboxylic acids is 1. The number of amides is 1. The number of aromatic amines is 1. The summed E-state index contributed by atoms with van der Waals surface area (Å²) >= 11 is 0. The number of carbonyl (C=O) groups is 1. The molecule has 2 aromatic heterocycles. The van der Waals surface area contributed by atoms with Gasteiger partial charge in [0.2, 0.25) is 0 Å². The van der Waals surface area contributed by atoms with E-state index in [4.69, 9.17) is 5.73 Å². The molecule has 1 atom stereocenters. The largest absolute Gasteiger partial charge is 0.390 e. The van der Waals surface area contributed by atoms with Crippen molar-refractivity contribution >= 4 is 39.0 Å². The maximum absolute atomic E-state index is 16.2. The van der Waals surface area contributed by atoms with E-state index in [0.717, 1.165) is 26.5 Å². The van der Waals surface area contributed by atoms with E-state index in [1.165, 1.54) is 31.3 Å². The number of hydrogen-bond acceptors (Lipinski definition) is 4. The highest BCUT2D eigenvalue weighted by Crippen LogP contribution is 2.42. The molecule has 2 heterocycles. The van der Waals surface area contributed by atoms with E-state index >= 15 is 4.39 Å². The van der Waals surface area contributed by atoms with Crippen molar-refractivity contribution in [2.24, 2.45) is 18.7 Å². The summed E-state index contributed by atoms with van der Waals surface area (Å²) in [5, 5.41) is 11.2. The number of allylic oxidation sites excluding steroid dienone is 5. The zero-order valence-corrected chi connectivity index (χ0v) is 24.8. The molecule has 0 aliphatic heterocycles. The summed E-state index contributed by atoms with van der Waals surface area (Å²) in [5.74, 6) is -2.28. The number of halogens is 2. The molecular formula is C33H34F2N4O4. The van der Waals surface area contributed by atoms with Crippen molar-refractivity contribution in [3.63, 3.8) is 0 Å². The van der Waals surface area contributed by atoms with Gasteiger partial charge in [0.1, 0.15) is 11.6 Å². The fraction of sp³-hybridized carbons (Fsp3) is 0.303. The highest BCUT2D eigenvalue weighted by atomic mass is 19.1. The first-order chi connectivity index (χ1) is 20.2. The number of nitrogens with zero attached hydrogens (tertiary/aromatic N) is 2. The summed E-state index contributed by atoms with van der Waals surface area (Å²) in [4.78, 5) is 42.7. The third-order valence-corrected chi connectivity index (χ3v) is 8.75. The van der Waals surface area contributed by atoms with Crippen LogP contribution in [-0.4, -0.2) is 30.7 Å². The number of aromatic nitrogens is 3. The van der Waals surface area contributed by atoms with Crippen molar-refractivity contribution in [1.29, 1.82) is 0 Å². The maximum atomic E-state index is 16.2. The Hall–Kier alpha value is -4.57. The van der Waals surface area contributed by atoms with Gasteiger partial charge in [0.15, 0.2) is 0 Å². The van der Waals surface area contributed by atoms with E-state index in [-0.39, 0.29) is 33.6 Å². The Labute approximate surface area is 246 Å². The van der Waals surface area contributed by atoms with Gasteiger partial charge in [-0.2, -0.15) is 0 Å². The van der Waals surface area contributed by atoms with Crippen LogP contribution < -0.4 is 17.0 Å². The van der Waals surface area contributed by atoms with Gasteiger partial charge >= 0.3 is 5.69 Å². The molecule has 0 bridgehead atoms. The van der Waals surface area contributed by atoms with Crippen LogP contribution in [0.4, 0.5) is 8.78 Å². The SMILES string of the molecule is C=C/C=C(\C(C)=C(/C)n1c(=O)c2cccc(F)c2n(C)c1=O)c1c(F)cc(C(N)=O)c2[nH]c3c(c12)CC[C@H](C(C)(C)O)C3. The van der Waals surface area contributed by atoms with Gasteiger partial charge in [-0.25, -0.2) is 18.1 Å². The van der Waals surface area contributed by atoms with E-state index in [2.05, 4.69) is 11.6 Å². The molecule has 1 aliphatic rings. The van der Waals surface area contributed by atoms with Crippen molar-refractivity contribution in [3.8, 4) is 0 Å². The molecule has 4 N–H and O–H groups in total. The van der Waals surface area contributed by atoms with Gasteiger partial charge in [0.05, 0.1) is 27.6 Å². The summed E-state index contributed by atoms with van der Waals surface area (Å²) in [7, 11) is 1.38. The van der Waals surface area contributed by atoms with Crippen LogP contribution >= 0.6 is 0 Å². The average Bonchev–Trinajstić information content (AvgIpc) is 3.32. The summed E-state index contributed by atoms with van der Waals surface area (Å²) in [6.45, 7) is 10.5. The number of hydrogen-bond donors (Lipinski definition) is 3. The molecule has 0 saturated carbocycles. The Bertz CT molecular complexity index is 2040. The van der Waals surface area contributed by atoms with Crippen molar-refractivity contribution in [3.05, 3.63) is 103 Å². The molecule has 0 unspecified atom stereocenters. The molecule has 0 saturated heterocycles. The lowest BCUT2D eigenvalue weighted by Crippen LogP contribution is -2.38. The first-order valence-corrected chi connectivity index (χ1v) is 14.0. The zero-order valence-electron chi connectivity index (χ0n) is 24.8. The Morgan fingerprint density at radius 1 is 1.21 bits per heavy atom. The predicted molar refractivity (Wildman–Crippen MR) is 165 cm³/mol. The summed E-state index contributed by atoms with van der Waals surface area (Å²) in [6, 6.07) is 5.10. The average molecular weight is 589 g/mol. The van der Waals surface area contributed by atoms with E-state index in [9.17, 15) is 23.9 Å². The second kappa shape index (κ2) is 10.6. The standard InChI is InChI=1S/C33H34F2N4O4/c1-7-9-19(16(2)17(3)39-31(41)21-10-8-11-23(34)29(21)38(6)32(39)42)26-24(35)15-22(30(36)40)28-27(26)20-13-12-18(33(4,5)43)14-25(20)37-28/h7-11,15,18,37,43H,1,12-14H2,2-6H3,(H2,36,40)/b17-16+,19-9+/t18-/m0/s1. The molecule has 2 aromatic carbocycles. The van der Waals surface area contributed by atoms with E-state index in [1.54, 1.807) is 33.8 Å². The Morgan fingerprint density at radius 2 is 1.91 bits per heavy atom. The molecule has 43 heavy (non-hydrogen) atoms. The minimum Gasteiger partial charge on any atom is -0.390 e. The summed E-state index contributed by atoms with van der Waals surface area (Å²) in [5.41, 5.74) is 6.19. The lowest BCUT2D eigenvalue weighted by Gasteiger charge is -2.32. The number of aliphatic hydroxyl groups is 1. The molecule has 1 aliphatic carbocycles. The smallest absolute Gasteiger partial charge is 0.335 e. The Balaban J connectivity index is 1.82. The summed E-state index contributed by atoms with van der Waals surface area (Å²) < 4.78 is 32.8. The van der Waals surface area contributed by atoms with Gasteiger partial charge in [0, 0.05) is 29.4 Å². The van der Waals surface area contributed by atoms with Gasteiger partial charge in [-0.3, -0.25) is 14.2 Å². The monoisotopic (exact) mass is 588 g/mol.